The van der Waals surface area contributed by atoms with Crippen LogP contribution in [0.5, 0.6) is 0 Å². The molecule has 0 aliphatic rings. The Hall–Kier alpha value is -0.265. The Morgan fingerprint density at radius 3 is 0.510 bits per heavy atom. The van der Waals surface area contributed by atoms with Crippen LogP contribution >= 0.6 is 0 Å². The van der Waals surface area contributed by atoms with Crippen LogP contribution in [0, 0.1) is 39.9 Å². The van der Waals surface area contributed by atoms with Crippen LogP contribution in [-0.2, 0) is 14.4 Å². The average Bonchev–Trinajstić information content (AvgIpc) is 3.05. The van der Waals surface area contributed by atoms with Gasteiger partial charge in [0.05, 0.1) is 0 Å². The van der Waals surface area contributed by atoms with Crippen molar-refractivity contribution in [2.75, 3.05) is 0 Å². The van der Waals surface area contributed by atoms with Crippen LogP contribution in [0.25, 0.3) is 0 Å². The molecule has 0 atom stereocenters. The molecule has 0 aliphatic heterocycles. The third kappa shape index (κ3) is 66.5. The molecular weight excluding hydrogens is 758 g/mol. The van der Waals surface area contributed by atoms with Crippen molar-refractivity contribution in [1.29, 1.82) is 0 Å². The van der Waals surface area contributed by atoms with Gasteiger partial charge in [0.1, 0.15) is 0 Å². The molecule has 6 nitrogen and oxygen atoms in total. The molecule has 0 heterocycles. The molecule has 0 N–H and O–H groups in total. The molecule has 0 aromatic rings. The van der Waals surface area contributed by atoms with Crippen LogP contribution in [0.3, 0.4) is 0 Å². The van der Waals surface area contributed by atoms with E-state index in [0.717, 1.165) is 38.5 Å². The number of carboxylic acids is 3. The number of carbonyl (C=O) groups excluding carboxylic acids is 3. The van der Waals surface area contributed by atoms with Gasteiger partial charge in [0.2, 0.25) is 0 Å². The monoisotopic (exact) mass is 840 g/mol. The Kier molecular flexibility index (Phi) is 59.0. The third-order valence-corrected chi connectivity index (χ3v) is 8.95. The zero-order chi connectivity index (χ0) is 36.2. The van der Waals surface area contributed by atoms with E-state index >= 15 is 0 Å². The predicted molar refractivity (Wildman–Crippen MR) is 198 cm³/mol. The molecular formula is C42H81GdO6. The Morgan fingerprint density at radius 2 is 0.388 bits per heavy atom. The van der Waals surface area contributed by atoms with Gasteiger partial charge in [-0.15, -0.1) is 0 Å². The fraction of sp³-hybridized carbons (Fsp3) is 0.929. The zero-order valence-corrected chi connectivity index (χ0v) is 35.0. The van der Waals surface area contributed by atoms with E-state index < -0.39 is 17.9 Å². The quantitative estimate of drug-likeness (QED) is 0.0580. The minimum atomic E-state index is -0.907. The Bertz CT molecular complexity index is 557. The second-order valence-corrected chi connectivity index (χ2v) is 14.0. The summed E-state index contributed by atoms with van der Waals surface area (Å²) in [6.45, 7) is 6.73. The van der Waals surface area contributed by atoms with E-state index in [4.69, 9.17) is 0 Å². The van der Waals surface area contributed by atoms with Gasteiger partial charge in [-0.2, -0.15) is 0 Å². The van der Waals surface area contributed by atoms with Gasteiger partial charge >= 0.3 is 39.9 Å². The molecule has 0 rings (SSSR count). The van der Waals surface area contributed by atoms with Gasteiger partial charge in [0.15, 0.2) is 0 Å². The fourth-order valence-corrected chi connectivity index (χ4v) is 5.80. The second-order valence-electron chi connectivity index (χ2n) is 14.0. The first-order valence-electron chi connectivity index (χ1n) is 20.9. The van der Waals surface area contributed by atoms with Crippen molar-refractivity contribution in [3.05, 3.63) is 0 Å². The molecule has 0 unspecified atom stereocenters. The minimum absolute atomic E-state index is 0. The first-order chi connectivity index (χ1) is 23.3. The van der Waals surface area contributed by atoms with Crippen molar-refractivity contribution in [1.82, 2.24) is 0 Å². The molecule has 0 aromatic heterocycles. The van der Waals surface area contributed by atoms with Crippen LogP contribution < -0.4 is 15.3 Å². The third-order valence-electron chi connectivity index (χ3n) is 8.95. The van der Waals surface area contributed by atoms with Gasteiger partial charge in [-0.05, 0) is 38.5 Å². The van der Waals surface area contributed by atoms with Crippen molar-refractivity contribution in [3.8, 4) is 0 Å². The summed E-state index contributed by atoms with van der Waals surface area (Å²) < 4.78 is 0. The Labute approximate surface area is 337 Å². The molecule has 49 heavy (non-hydrogen) atoms. The molecule has 1 radical (unpaired) electrons. The minimum Gasteiger partial charge on any atom is -0.550 e. The first-order valence-corrected chi connectivity index (χ1v) is 20.9. The maximum atomic E-state index is 10.1. The summed E-state index contributed by atoms with van der Waals surface area (Å²) in [7, 11) is 0. The summed E-state index contributed by atoms with van der Waals surface area (Å²) >= 11 is 0. The van der Waals surface area contributed by atoms with Crippen molar-refractivity contribution < 1.29 is 69.6 Å². The topological polar surface area (TPSA) is 120 Å². The van der Waals surface area contributed by atoms with Crippen LogP contribution in [0.4, 0.5) is 0 Å². The first kappa shape index (κ1) is 55.5. The van der Waals surface area contributed by atoms with E-state index in [1.807, 2.05) is 0 Å². The summed E-state index contributed by atoms with van der Waals surface area (Å²) in [5.41, 5.74) is 0. The molecule has 0 saturated heterocycles. The van der Waals surface area contributed by atoms with E-state index in [1.165, 1.54) is 173 Å². The van der Waals surface area contributed by atoms with Crippen LogP contribution in [0.1, 0.15) is 252 Å². The number of hydrogen-bond acceptors (Lipinski definition) is 6. The van der Waals surface area contributed by atoms with Gasteiger partial charge in [-0.25, -0.2) is 0 Å². The number of hydrogen-bond donors (Lipinski definition) is 0. The van der Waals surface area contributed by atoms with E-state index in [0.29, 0.717) is 0 Å². The molecule has 0 bridgehead atoms. The van der Waals surface area contributed by atoms with Gasteiger partial charge in [-0.1, -0.05) is 213 Å². The Balaban J connectivity index is -0.000000307. The number of unbranched alkanes of at least 4 members (excludes halogenated alkanes) is 30. The van der Waals surface area contributed by atoms with E-state index in [-0.39, 0.29) is 59.2 Å². The number of rotatable bonds is 36. The zero-order valence-electron chi connectivity index (χ0n) is 32.8. The molecule has 0 spiro atoms. The number of carboxylic acid groups (broad SMARTS) is 3. The van der Waals surface area contributed by atoms with Gasteiger partial charge < -0.3 is 29.7 Å². The predicted octanol–water partition coefficient (Wildman–Crippen LogP) is 10.3. The smallest absolute Gasteiger partial charge is 0.550 e. The molecule has 0 fully saturated rings. The summed E-state index contributed by atoms with van der Waals surface area (Å²) in [6.07, 6.45) is 42.1. The molecule has 0 amide bonds. The van der Waals surface area contributed by atoms with Gasteiger partial charge in [0, 0.05) is 17.9 Å². The Morgan fingerprint density at radius 1 is 0.265 bits per heavy atom. The van der Waals surface area contributed by atoms with E-state index in [2.05, 4.69) is 20.8 Å². The van der Waals surface area contributed by atoms with Crippen molar-refractivity contribution in [2.45, 2.75) is 252 Å². The SMILES string of the molecule is CCCCCCCCCCCCCC(=O)[O-].CCCCCCCCCCCCCC(=O)[O-].CCCCCCCCCCCCCC(=O)[O-].[Gd+3]. The van der Waals surface area contributed by atoms with Crippen LogP contribution in [0.2, 0.25) is 0 Å². The van der Waals surface area contributed by atoms with Crippen LogP contribution in [0.15, 0.2) is 0 Å². The van der Waals surface area contributed by atoms with E-state index in [1.54, 1.807) is 0 Å². The molecule has 0 aliphatic carbocycles. The number of aliphatic carboxylic acids is 3. The summed E-state index contributed by atoms with van der Waals surface area (Å²) in [5.74, 6) is -2.72. The molecule has 7 heteroatoms. The average molecular weight is 839 g/mol. The molecule has 293 valence electrons. The summed E-state index contributed by atoms with van der Waals surface area (Å²) in [4.78, 5) is 30.4. The summed E-state index contributed by atoms with van der Waals surface area (Å²) in [6, 6.07) is 0. The maximum absolute atomic E-state index is 10.1. The normalized spacial score (nSPS) is 10.3. The van der Waals surface area contributed by atoms with Crippen LogP contribution in [-0.4, -0.2) is 17.9 Å². The molecule has 0 saturated carbocycles. The largest absolute Gasteiger partial charge is 3.00 e. The fourth-order valence-electron chi connectivity index (χ4n) is 5.80. The maximum Gasteiger partial charge on any atom is 3.00 e. The van der Waals surface area contributed by atoms with Crippen molar-refractivity contribution in [3.63, 3.8) is 0 Å². The standard InChI is InChI=1S/3C14H28O2.Gd/c3*1-2-3-4-5-6-7-8-9-10-11-12-13-14(15)16;/h3*2-13H2,1H3,(H,15,16);/q;;;+3/p-3. The molecule has 0 aromatic carbocycles. The van der Waals surface area contributed by atoms with Crippen molar-refractivity contribution in [2.24, 2.45) is 0 Å². The van der Waals surface area contributed by atoms with Gasteiger partial charge in [-0.3, -0.25) is 0 Å². The van der Waals surface area contributed by atoms with E-state index in [9.17, 15) is 29.7 Å². The summed E-state index contributed by atoms with van der Waals surface area (Å²) in [5, 5.41) is 30.4. The number of carbonyl (C=O) groups is 3. The second kappa shape index (κ2) is 52.1. The van der Waals surface area contributed by atoms with Crippen molar-refractivity contribution >= 4 is 17.9 Å². The van der Waals surface area contributed by atoms with Gasteiger partial charge in [0.25, 0.3) is 0 Å².